The summed E-state index contributed by atoms with van der Waals surface area (Å²) in [5.41, 5.74) is 5.57. The van der Waals surface area contributed by atoms with E-state index in [1.807, 2.05) is 9.80 Å². The topological polar surface area (TPSA) is 586 Å². The molecule has 1 heterocycles. The molecule has 0 spiro atoms. The lowest BCUT2D eigenvalue weighted by Crippen LogP contribution is -2.53. The number of aromatic hydroxyl groups is 2. The highest BCUT2D eigenvalue weighted by atomic mass is 32.1. The van der Waals surface area contributed by atoms with Gasteiger partial charge < -0.3 is 109 Å². The van der Waals surface area contributed by atoms with Gasteiger partial charge >= 0.3 is 53.8 Å². The summed E-state index contributed by atoms with van der Waals surface area (Å²) in [7, 11) is 0. The first-order chi connectivity index (χ1) is 64.0. The van der Waals surface area contributed by atoms with Gasteiger partial charge in [-0.1, -0.05) is 67.9 Å². The number of phenols is 2. The Morgan fingerprint density at radius 1 is 0.403 bits per heavy atom. The standard InChI is InChI=1S/C92H124FN15O25S/c93-64-16-20-66(21-17-64)100-81(116)32-41-104(39-30-77(112)95-33-7-2-1-4-12-80(115)99-65-18-13-60(14-19-65)50-67-55-107(58-85(123)124)47-46-105(56-83(119)120)44-45-106(57-84(121)122)48-49-108(67)59-86(125)126)43-42-103(38-29-78(113)96-34-8-3-5-11-76(111)94-35-9-6-10-74(90(129)130)101-92(133)102-75(91(131)132)27-28-82(117)118)40-31-79(114)97-36-37-98-88(134)61-15-24-72(73(54-61)89(127)128)87-70-25-22-68(109)52-62(70)51-63-53-69(110)23-26-71(63)87/h13-26,52-54,67,74-75,87,109-110H,1-12,27-51,55-59H2,(H,94,111)(H,95,112)(H,96,113)(H,97,114)(H,98,134)(H,99,115)(H,100,116)(H,117,118)(H,119,120)(H,121,122)(H,123,124)(H,125,126)(H,127,128)(H,129,130)(H,131,132)(H2,101,102,133). The quantitative estimate of drug-likeness (QED) is 0.0186. The summed E-state index contributed by atoms with van der Waals surface area (Å²) in [5.74, 6) is -12.7. The van der Waals surface area contributed by atoms with Crippen molar-refractivity contribution >= 4 is 118 Å². The summed E-state index contributed by atoms with van der Waals surface area (Å²) in [5, 5.41) is 123. The van der Waals surface area contributed by atoms with Crippen LogP contribution in [0.2, 0.25) is 0 Å². The van der Waals surface area contributed by atoms with Crippen molar-refractivity contribution in [2.45, 2.75) is 152 Å². The van der Waals surface area contributed by atoms with Crippen LogP contribution in [0.4, 0.5) is 20.6 Å². The molecule has 40 nitrogen and oxygen atoms in total. The number of unbranched alkanes of at least 4 members (excludes halogenated alkanes) is 6. The maximum Gasteiger partial charge on any atom is 0.336 e. The van der Waals surface area contributed by atoms with Crippen LogP contribution in [0, 0.1) is 5.82 Å². The number of nitrogens with zero attached hydrogens (tertiary/aromatic N) is 6. The molecule has 1 aliphatic heterocycles. The maximum atomic E-state index is 13.8. The molecule has 1 fully saturated rings. The Balaban J connectivity index is 0.908. The van der Waals surface area contributed by atoms with Gasteiger partial charge in [-0.2, -0.15) is 0 Å². The van der Waals surface area contributed by atoms with Crippen LogP contribution in [0.1, 0.15) is 171 Å². The van der Waals surface area contributed by atoms with E-state index in [0.717, 1.165) is 27.8 Å². The molecule has 730 valence electrons. The minimum atomic E-state index is -1.56. The van der Waals surface area contributed by atoms with Gasteiger partial charge in [-0.3, -0.25) is 72.3 Å². The molecule has 5 aromatic rings. The fraction of sp³-hybridized carbons (Fsp3) is 0.500. The first-order valence-electron chi connectivity index (χ1n) is 44.8. The number of urea groups is 1. The van der Waals surface area contributed by atoms with Gasteiger partial charge in [0, 0.05) is 192 Å². The Labute approximate surface area is 780 Å². The Kier molecular flexibility index (Phi) is 46.4. The molecule has 1 saturated heterocycles. The third-order valence-corrected chi connectivity index (χ3v) is 23.1. The van der Waals surface area contributed by atoms with Crippen LogP contribution < -0.4 is 47.9 Å². The van der Waals surface area contributed by atoms with Crippen LogP contribution in [-0.4, -0.2) is 337 Å². The van der Waals surface area contributed by atoms with Gasteiger partial charge in [0.05, 0.1) is 31.7 Å². The highest BCUT2D eigenvalue weighted by molar-refractivity contribution is 7.80. The van der Waals surface area contributed by atoms with Crippen molar-refractivity contribution in [1.29, 1.82) is 0 Å². The number of aliphatic carboxylic acids is 7. The fourth-order valence-corrected chi connectivity index (χ4v) is 15.9. The number of carboxylic acids is 8. The molecular weight excluding hydrogens is 1770 g/mol. The average Bonchev–Trinajstić information content (AvgIpc) is 0.745. The highest BCUT2D eigenvalue weighted by Crippen LogP contribution is 2.44. The number of hydrogen-bond donors (Lipinski definition) is 19. The molecule has 0 radical (unpaired) electrons. The second-order valence-electron chi connectivity index (χ2n) is 33.1. The monoisotopic (exact) mass is 1890 g/mol. The normalized spacial score (nSPS) is 14.4. The average molecular weight is 1890 g/mol. The first kappa shape index (κ1) is 108. The van der Waals surface area contributed by atoms with Crippen LogP contribution in [0.25, 0.3) is 0 Å². The number of rotatable bonds is 58. The number of thiocarbonyl (C=S) groups is 1. The van der Waals surface area contributed by atoms with Gasteiger partial charge in [0.1, 0.15) is 34.4 Å². The maximum absolute atomic E-state index is 13.8. The van der Waals surface area contributed by atoms with E-state index < -0.39 is 110 Å². The molecule has 5 aromatic carbocycles. The molecule has 0 aromatic heterocycles. The molecule has 42 heteroatoms. The predicted octanol–water partition coefficient (Wildman–Crippen LogP) is 4.41. The SMILES string of the molecule is O=C(O)CCC(NC(=O)NC(CCCCNC(=O)CCCCCNC(=O)CCN(CCC(=O)NCCNC(=S)c1ccc(C2c3ccc(O)cc3Cc3cc(O)ccc32)c(C(=O)O)c1)CCN(CCC(=O)NCCCCCCC(=O)Nc1ccc(CC2CN(CC(=O)O)CCN(CC(=O)O)CCN(CC(=O)O)CCN2CC(=O)O)cc1)CCC(=O)Nc1ccc(F)cc1)C(=O)O)C(=O)O. The van der Waals surface area contributed by atoms with Gasteiger partial charge in [-0.05, 0) is 164 Å². The molecule has 134 heavy (non-hydrogen) atoms. The molecule has 1 aliphatic carbocycles. The van der Waals surface area contributed by atoms with Crippen LogP contribution in [0.3, 0.4) is 0 Å². The number of amides is 8. The van der Waals surface area contributed by atoms with Crippen molar-refractivity contribution in [3.8, 4) is 11.5 Å². The van der Waals surface area contributed by atoms with Crippen molar-refractivity contribution in [2.75, 3.05) is 155 Å². The number of fused-ring (bicyclic) bond motifs is 2. The molecule has 0 bridgehead atoms. The number of aromatic carboxylic acids is 1. The molecule has 0 saturated carbocycles. The number of phenolic OH excluding ortho intramolecular Hbond substituents is 2. The summed E-state index contributed by atoms with van der Waals surface area (Å²) in [4.78, 5) is 198. The fourth-order valence-electron chi connectivity index (χ4n) is 15.7. The molecule has 8 amide bonds. The van der Waals surface area contributed by atoms with Crippen molar-refractivity contribution in [3.05, 3.63) is 153 Å². The number of carbonyl (C=O) groups is 15. The van der Waals surface area contributed by atoms with Gasteiger partial charge in [0.15, 0.2) is 0 Å². The third kappa shape index (κ3) is 41.1. The van der Waals surface area contributed by atoms with Crippen molar-refractivity contribution in [1.82, 2.24) is 66.6 Å². The second-order valence-corrected chi connectivity index (χ2v) is 33.5. The Morgan fingerprint density at radius 2 is 0.821 bits per heavy atom. The minimum absolute atomic E-state index is 0.000143. The molecule has 7 rings (SSSR count). The predicted molar refractivity (Wildman–Crippen MR) is 492 cm³/mol. The summed E-state index contributed by atoms with van der Waals surface area (Å²) in [6.45, 7) is 1.60. The van der Waals surface area contributed by atoms with E-state index in [1.165, 1.54) is 30.3 Å². The summed E-state index contributed by atoms with van der Waals surface area (Å²) in [6, 6.07) is 22.2. The Morgan fingerprint density at radius 3 is 1.32 bits per heavy atom. The molecular formula is C92H124FN15O25S. The van der Waals surface area contributed by atoms with E-state index in [2.05, 4.69) is 47.9 Å². The summed E-state index contributed by atoms with van der Waals surface area (Å²) >= 11 is 5.74. The smallest absolute Gasteiger partial charge is 0.336 e. The molecule has 3 unspecified atom stereocenters. The lowest BCUT2D eigenvalue weighted by Gasteiger charge is -2.37. The zero-order valence-electron chi connectivity index (χ0n) is 74.9. The van der Waals surface area contributed by atoms with E-state index in [-0.39, 0.29) is 240 Å². The van der Waals surface area contributed by atoms with Gasteiger partial charge in [-0.15, -0.1) is 0 Å². The number of anilines is 2. The lowest BCUT2D eigenvalue weighted by molar-refractivity contribution is -0.142. The van der Waals surface area contributed by atoms with Crippen molar-refractivity contribution in [2.24, 2.45) is 0 Å². The van der Waals surface area contributed by atoms with E-state index in [0.29, 0.717) is 86.8 Å². The van der Waals surface area contributed by atoms with Crippen LogP contribution in [0.5, 0.6) is 11.5 Å². The molecule has 3 atom stereocenters. The Hall–Kier alpha value is -12.9. The zero-order chi connectivity index (χ0) is 97.6. The Bertz CT molecular complexity index is 4770. The molecule has 19 N–H and O–H groups in total. The lowest BCUT2D eigenvalue weighted by atomic mass is 9.73. The minimum Gasteiger partial charge on any atom is -0.508 e. The third-order valence-electron chi connectivity index (χ3n) is 22.8. The van der Waals surface area contributed by atoms with Crippen molar-refractivity contribution in [3.63, 3.8) is 0 Å². The van der Waals surface area contributed by atoms with Crippen molar-refractivity contribution < 1.29 is 127 Å². The largest absolute Gasteiger partial charge is 0.508 e. The number of carboxylic acid groups (broad SMARTS) is 8. The van der Waals surface area contributed by atoms with Gasteiger partial charge in [0.25, 0.3) is 0 Å². The zero-order valence-corrected chi connectivity index (χ0v) is 75.7. The highest BCUT2D eigenvalue weighted by Gasteiger charge is 2.34. The van der Waals surface area contributed by atoms with E-state index in [9.17, 15) is 122 Å². The second kappa shape index (κ2) is 57.5. The van der Waals surface area contributed by atoms with Crippen LogP contribution >= 0.6 is 12.2 Å². The van der Waals surface area contributed by atoms with E-state index in [4.69, 9.17) is 17.3 Å². The van der Waals surface area contributed by atoms with Crippen LogP contribution in [0.15, 0.2) is 103 Å². The number of nitrogens with one attached hydrogen (secondary N) is 9. The van der Waals surface area contributed by atoms with E-state index in [1.54, 1.807) is 92.4 Å². The van der Waals surface area contributed by atoms with Gasteiger partial charge in [-0.25, -0.2) is 23.6 Å². The summed E-state index contributed by atoms with van der Waals surface area (Å²) in [6.07, 6.45) is 4.50. The van der Waals surface area contributed by atoms with E-state index >= 15 is 0 Å². The van der Waals surface area contributed by atoms with Gasteiger partial charge in [0.2, 0.25) is 35.4 Å². The molecule has 2 aliphatic rings. The number of carbonyl (C=O) groups excluding carboxylic acids is 7. The first-order valence-corrected chi connectivity index (χ1v) is 45.2. The number of halogens is 1. The number of benzene rings is 5. The van der Waals surface area contributed by atoms with Crippen LogP contribution in [-0.2, 0) is 75.2 Å². The number of hydrogen-bond acceptors (Lipinski definition) is 24. The summed E-state index contributed by atoms with van der Waals surface area (Å²) < 4.78 is 13.8.